The van der Waals surface area contributed by atoms with Gasteiger partial charge in [0, 0.05) is 24.0 Å². The normalized spacial score (nSPS) is 12.7. The lowest BCUT2D eigenvalue weighted by Crippen LogP contribution is -2.18. The molecule has 0 aliphatic carbocycles. The Morgan fingerprint density at radius 1 is 1.10 bits per heavy atom. The molecule has 0 radical (unpaired) electrons. The molecule has 0 atom stereocenters. The zero-order valence-corrected chi connectivity index (χ0v) is 14.1. The number of rotatable bonds is 5. The van der Waals surface area contributed by atoms with Crippen molar-refractivity contribution in [2.75, 3.05) is 16.8 Å². The summed E-state index contributed by atoms with van der Waals surface area (Å²) in [4.78, 5) is 2.50. The van der Waals surface area contributed by atoms with Gasteiger partial charge in [0.2, 0.25) is 0 Å². The monoisotopic (exact) mass is 322 g/mol. The minimum absolute atomic E-state index is 0. The van der Waals surface area contributed by atoms with Crippen molar-refractivity contribution in [2.24, 2.45) is 0 Å². The Labute approximate surface area is 137 Å². The lowest BCUT2D eigenvalue weighted by molar-refractivity contribution is 0.668. The molecule has 1 aromatic carbocycles. The van der Waals surface area contributed by atoms with Gasteiger partial charge in [-0.15, -0.1) is 23.7 Å². The van der Waals surface area contributed by atoms with Crippen molar-refractivity contribution in [2.45, 2.75) is 39.2 Å². The van der Waals surface area contributed by atoms with Crippen LogP contribution < -0.4 is 10.2 Å². The first-order valence-electron chi connectivity index (χ1n) is 7.55. The SMILES string of the molecule is CCCCCCN1c2cscc2CNc2ccccc21.Cl. The molecule has 4 heteroatoms. The van der Waals surface area contributed by atoms with Crippen LogP contribution in [0.2, 0.25) is 0 Å². The summed E-state index contributed by atoms with van der Waals surface area (Å²) in [5.41, 5.74) is 5.39. The van der Waals surface area contributed by atoms with Gasteiger partial charge in [-0.05, 0) is 23.9 Å². The first kappa shape index (κ1) is 16.2. The average molecular weight is 323 g/mol. The molecule has 0 saturated carbocycles. The molecule has 0 bridgehead atoms. The summed E-state index contributed by atoms with van der Waals surface area (Å²) in [6, 6.07) is 8.66. The Bertz CT molecular complexity index is 567. The van der Waals surface area contributed by atoms with Crippen molar-refractivity contribution in [1.29, 1.82) is 0 Å². The fourth-order valence-corrected chi connectivity index (χ4v) is 3.65. The van der Waals surface area contributed by atoms with Gasteiger partial charge in [-0.2, -0.15) is 0 Å². The fourth-order valence-electron chi connectivity index (χ4n) is 2.80. The van der Waals surface area contributed by atoms with Crippen LogP contribution in [0, 0.1) is 0 Å². The quantitative estimate of drug-likeness (QED) is 0.698. The summed E-state index contributed by atoms with van der Waals surface area (Å²) in [7, 11) is 0. The highest BCUT2D eigenvalue weighted by atomic mass is 35.5. The third-order valence-corrected chi connectivity index (χ3v) is 4.69. The van der Waals surface area contributed by atoms with Crippen molar-refractivity contribution in [1.82, 2.24) is 0 Å². The molecule has 2 aromatic rings. The highest BCUT2D eigenvalue weighted by molar-refractivity contribution is 7.08. The third-order valence-electron chi connectivity index (χ3n) is 3.91. The van der Waals surface area contributed by atoms with Crippen molar-refractivity contribution >= 4 is 40.8 Å². The van der Waals surface area contributed by atoms with Crippen molar-refractivity contribution in [3.63, 3.8) is 0 Å². The van der Waals surface area contributed by atoms with E-state index in [1.54, 1.807) is 11.3 Å². The van der Waals surface area contributed by atoms with Gasteiger partial charge >= 0.3 is 0 Å². The van der Waals surface area contributed by atoms with E-state index in [-0.39, 0.29) is 12.4 Å². The molecule has 21 heavy (non-hydrogen) atoms. The lowest BCUT2D eigenvalue weighted by atomic mass is 10.1. The molecule has 1 N–H and O–H groups in total. The molecular weight excluding hydrogens is 300 g/mol. The van der Waals surface area contributed by atoms with Crippen LogP contribution in [0.15, 0.2) is 35.0 Å². The number of benzene rings is 1. The topological polar surface area (TPSA) is 15.3 Å². The number of nitrogens with one attached hydrogen (secondary N) is 1. The van der Waals surface area contributed by atoms with Crippen molar-refractivity contribution in [3.05, 3.63) is 40.6 Å². The number of anilines is 3. The number of halogens is 1. The Morgan fingerprint density at radius 3 is 2.81 bits per heavy atom. The van der Waals surface area contributed by atoms with Crippen LogP contribution in [-0.2, 0) is 6.54 Å². The summed E-state index contributed by atoms with van der Waals surface area (Å²) in [6.45, 7) is 4.31. The van der Waals surface area contributed by atoms with Gasteiger partial charge in [-0.1, -0.05) is 38.3 Å². The molecule has 1 aromatic heterocycles. The second kappa shape index (κ2) is 7.71. The Balaban J connectivity index is 0.00000161. The summed E-state index contributed by atoms with van der Waals surface area (Å²) in [5.74, 6) is 0. The molecule has 0 spiro atoms. The lowest BCUT2D eigenvalue weighted by Gasteiger charge is -2.25. The van der Waals surface area contributed by atoms with E-state index in [9.17, 15) is 0 Å². The van der Waals surface area contributed by atoms with Crippen LogP contribution in [-0.4, -0.2) is 6.54 Å². The van der Waals surface area contributed by atoms with Gasteiger partial charge in [-0.3, -0.25) is 0 Å². The fraction of sp³-hybridized carbons (Fsp3) is 0.412. The first-order chi connectivity index (χ1) is 9.90. The number of fused-ring (bicyclic) bond motifs is 2. The van der Waals surface area contributed by atoms with E-state index < -0.39 is 0 Å². The highest BCUT2D eigenvalue weighted by Gasteiger charge is 2.20. The second-order valence-corrected chi connectivity index (χ2v) is 6.11. The predicted molar refractivity (Wildman–Crippen MR) is 96.5 cm³/mol. The maximum absolute atomic E-state index is 3.56. The van der Waals surface area contributed by atoms with Gasteiger partial charge in [-0.25, -0.2) is 0 Å². The van der Waals surface area contributed by atoms with Crippen LogP contribution in [0.5, 0.6) is 0 Å². The van der Waals surface area contributed by atoms with Crippen LogP contribution in [0.3, 0.4) is 0 Å². The third kappa shape index (κ3) is 3.53. The molecule has 114 valence electrons. The first-order valence-corrected chi connectivity index (χ1v) is 8.50. The number of thiophene rings is 1. The number of nitrogens with zero attached hydrogens (tertiary/aromatic N) is 1. The number of unbranched alkanes of at least 4 members (excludes halogenated alkanes) is 3. The molecule has 1 aliphatic rings. The molecule has 2 heterocycles. The zero-order chi connectivity index (χ0) is 13.8. The Morgan fingerprint density at radius 2 is 1.95 bits per heavy atom. The van der Waals surface area contributed by atoms with Gasteiger partial charge in [0.25, 0.3) is 0 Å². The number of hydrogen-bond acceptors (Lipinski definition) is 3. The largest absolute Gasteiger partial charge is 0.379 e. The van der Waals surface area contributed by atoms with E-state index in [1.807, 2.05) is 0 Å². The van der Waals surface area contributed by atoms with Crippen molar-refractivity contribution in [3.8, 4) is 0 Å². The van der Waals surface area contributed by atoms with E-state index in [0.29, 0.717) is 0 Å². The molecule has 0 amide bonds. The van der Waals surface area contributed by atoms with E-state index in [1.165, 1.54) is 48.3 Å². The average Bonchev–Trinajstić information content (AvgIpc) is 2.89. The summed E-state index contributed by atoms with van der Waals surface area (Å²) >= 11 is 1.81. The summed E-state index contributed by atoms with van der Waals surface area (Å²) in [5, 5.41) is 8.13. The molecular formula is C17H23ClN2S. The van der Waals surface area contributed by atoms with E-state index >= 15 is 0 Å². The number of para-hydroxylation sites is 2. The Kier molecular flexibility index (Phi) is 5.95. The molecule has 3 rings (SSSR count). The van der Waals surface area contributed by atoms with Crippen LogP contribution in [0.25, 0.3) is 0 Å². The minimum atomic E-state index is 0. The van der Waals surface area contributed by atoms with E-state index in [4.69, 9.17) is 0 Å². The highest BCUT2D eigenvalue weighted by Crippen LogP contribution is 2.39. The molecule has 1 aliphatic heterocycles. The maximum atomic E-state index is 3.56. The molecule has 0 unspecified atom stereocenters. The van der Waals surface area contributed by atoms with Gasteiger partial charge in [0.15, 0.2) is 0 Å². The summed E-state index contributed by atoms with van der Waals surface area (Å²) in [6.07, 6.45) is 5.21. The van der Waals surface area contributed by atoms with E-state index in [2.05, 4.69) is 52.2 Å². The molecule has 2 nitrogen and oxygen atoms in total. The summed E-state index contributed by atoms with van der Waals surface area (Å²) < 4.78 is 0. The Hall–Kier alpha value is -1.19. The van der Waals surface area contributed by atoms with Gasteiger partial charge in [0.05, 0.1) is 17.1 Å². The maximum Gasteiger partial charge on any atom is 0.0646 e. The van der Waals surface area contributed by atoms with Crippen LogP contribution in [0.4, 0.5) is 17.1 Å². The second-order valence-electron chi connectivity index (χ2n) is 5.37. The zero-order valence-electron chi connectivity index (χ0n) is 12.5. The van der Waals surface area contributed by atoms with E-state index in [0.717, 1.165) is 13.1 Å². The molecule has 0 fully saturated rings. The predicted octanol–water partition coefficient (Wildman–Crippen LogP) is 5.81. The smallest absolute Gasteiger partial charge is 0.0646 e. The van der Waals surface area contributed by atoms with Crippen LogP contribution in [0.1, 0.15) is 38.2 Å². The minimum Gasteiger partial charge on any atom is -0.379 e. The number of hydrogen-bond donors (Lipinski definition) is 1. The van der Waals surface area contributed by atoms with Gasteiger partial charge < -0.3 is 10.2 Å². The van der Waals surface area contributed by atoms with Gasteiger partial charge in [0.1, 0.15) is 0 Å². The van der Waals surface area contributed by atoms with Crippen molar-refractivity contribution < 1.29 is 0 Å². The standard InChI is InChI=1S/C17H22N2S.ClH/c1-2-3-4-7-10-19-16-9-6-5-8-15(16)18-11-14-12-20-13-17(14)19;/h5-6,8-9,12-13,18H,2-4,7,10-11H2,1H3;1H. The molecule has 0 saturated heterocycles. The van der Waals surface area contributed by atoms with Crippen LogP contribution >= 0.6 is 23.7 Å².